The lowest BCUT2D eigenvalue weighted by Crippen LogP contribution is -2.19. The largest absolute Gasteiger partial charge is 0.481 e. The normalized spacial score (nSPS) is 11.1. The summed E-state index contributed by atoms with van der Waals surface area (Å²) in [5, 5.41) is 19.4. The molecule has 0 saturated carbocycles. The third kappa shape index (κ3) is 4.19. The Labute approximate surface area is 115 Å². The number of hydrogen-bond donors (Lipinski definition) is 2. The molecule has 1 rings (SSSR count). The van der Waals surface area contributed by atoms with E-state index in [1.54, 1.807) is 13.8 Å². The highest BCUT2D eigenvalue weighted by Crippen LogP contribution is 2.28. The summed E-state index contributed by atoms with van der Waals surface area (Å²) in [6, 6.07) is 2.62. The Balaban J connectivity index is 3.11. The van der Waals surface area contributed by atoms with E-state index in [9.17, 15) is 23.3 Å². The highest BCUT2D eigenvalue weighted by molar-refractivity contribution is 7.92. The lowest BCUT2D eigenvalue weighted by molar-refractivity contribution is -0.383. The van der Waals surface area contributed by atoms with Gasteiger partial charge in [-0.1, -0.05) is 0 Å². The van der Waals surface area contributed by atoms with Crippen LogP contribution in [-0.2, 0) is 14.8 Å². The van der Waals surface area contributed by atoms with E-state index in [0.29, 0.717) is 11.1 Å². The minimum atomic E-state index is -3.95. The van der Waals surface area contributed by atoms with Crippen molar-refractivity contribution >= 4 is 27.4 Å². The predicted octanol–water partition coefficient (Wildman–Crippen LogP) is 1.43. The van der Waals surface area contributed by atoms with Gasteiger partial charge in [-0.15, -0.1) is 0 Å². The summed E-state index contributed by atoms with van der Waals surface area (Å²) in [5.74, 6) is -1.91. The van der Waals surface area contributed by atoms with E-state index in [-0.39, 0.29) is 11.4 Å². The van der Waals surface area contributed by atoms with Crippen molar-refractivity contribution in [2.45, 2.75) is 20.3 Å². The summed E-state index contributed by atoms with van der Waals surface area (Å²) in [5.41, 5.74) is 0.812. The number of sulfonamides is 1. The fraction of sp³-hybridized carbons (Fsp3) is 0.364. The van der Waals surface area contributed by atoms with Crippen molar-refractivity contribution in [3.05, 3.63) is 33.4 Å². The maximum Gasteiger partial charge on any atom is 0.304 e. The number of anilines is 1. The van der Waals surface area contributed by atoms with E-state index in [1.165, 1.54) is 12.1 Å². The summed E-state index contributed by atoms with van der Waals surface area (Å²) < 4.78 is 25.4. The molecule has 0 aliphatic carbocycles. The average Bonchev–Trinajstić information content (AvgIpc) is 2.30. The number of hydrogen-bond acceptors (Lipinski definition) is 5. The van der Waals surface area contributed by atoms with E-state index in [1.807, 2.05) is 0 Å². The van der Waals surface area contributed by atoms with Crippen molar-refractivity contribution in [3.63, 3.8) is 0 Å². The van der Waals surface area contributed by atoms with E-state index in [0.717, 1.165) is 0 Å². The number of nitrogens with one attached hydrogen (secondary N) is 1. The van der Waals surface area contributed by atoms with Gasteiger partial charge in [0.05, 0.1) is 17.1 Å². The number of aryl methyl sites for hydroxylation is 2. The van der Waals surface area contributed by atoms with Gasteiger partial charge >= 0.3 is 5.97 Å². The third-order valence-corrected chi connectivity index (χ3v) is 3.93. The maximum absolute atomic E-state index is 11.7. The number of carbonyl (C=O) groups is 1. The third-order valence-electron chi connectivity index (χ3n) is 2.66. The summed E-state index contributed by atoms with van der Waals surface area (Å²) >= 11 is 0. The Kier molecular flexibility index (Phi) is 4.66. The molecule has 0 radical (unpaired) electrons. The number of benzene rings is 1. The summed E-state index contributed by atoms with van der Waals surface area (Å²) in [6.07, 6.45) is -0.575. The van der Waals surface area contributed by atoms with E-state index in [2.05, 4.69) is 4.72 Å². The molecule has 0 aliphatic rings. The van der Waals surface area contributed by atoms with Crippen molar-refractivity contribution in [2.75, 3.05) is 10.5 Å². The van der Waals surface area contributed by atoms with Gasteiger partial charge in [-0.3, -0.25) is 19.6 Å². The first-order valence-electron chi connectivity index (χ1n) is 5.60. The molecule has 0 aromatic heterocycles. The Morgan fingerprint density at radius 1 is 1.35 bits per heavy atom. The van der Waals surface area contributed by atoms with Crippen molar-refractivity contribution in [1.29, 1.82) is 0 Å². The Morgan fingerprint density at radius 2 is 1.90 bits per heavy atom. The molecule has 0 aliphatic heterocycles. The topological polar surface area (TPSA) is 127 Å². The fourth-order valence-electron chi connectivity index (χ4n) is 1.47. The summed E-state index contributed by atoms with van der Waals surface area (Å²) in [7, 11) is -3.95. The van der Waals surface area contributed by atoms with Crippen LogP contribution in [0.1, 0.15) is 17.5 Å². The van der Waals surface area contributed by atoms with Crippen LogP contribution in [0.15, 0.2) is 12.1 Å². The maximum atomic E-state index is 11.7. The number of carboxylic acid groups (broad SMARTS) is 1. The van der Waals surface area contributed by atoms with Crippen molar-refractivity contribution in [3.8, 4) is 0 Å². The molecule has 0 bridgehead atoms. The van der Waals surface area contributed by atoms with Crippen LogP contribution in [0.4, 0.5) is 11.4 Å². The molecule has 9 heteroatoms. The van der Waals surface area contributed by atoms with E-state index in [4.69, 9.17) is 5.11 Å². The van der Waals surface area contributed by atoms with Gasteiger partial charge in [0.25, 0.3) is 5.69 Å². The molecule has 0 fully saturated rings. The fourth-order valence-corrected chi connectivity index (χ4v) is 2.52. The molecule has 0 spiro atoms. The standard InChI is InChI=1S/C11H14N2O6S/c1-7-5-9(10(13(16)17)6-8(7)2)12-20(18,19)4-3-11(14)15/h5-6,12H,3-4H2,1-2H3,(H,14,15). The molecule has 1 aromatic carbocycles. The molecular formula is C11H14N2O6S. The number of nitro groups is 1. The van der Waals surface area contributed by atoms with Crippen LogP contribution in [0.3, 0.4) is 0 Å². The van der Waals surface area contributed by atoms with Crippen LogP contribution >= 0.6 is 0 Å². The molecule has 110 valence electrons. The van der Waals surface area contributed by atoms with Crippen molar-refractivity contribution in [1.82, 2.24) is 0 Å². The van der Waals surface area contributed by atoms with Crippen LogP contribution in [0.25, 0.3) is 0 Å². The number of nitro benzene ring substituents is 1. The van der Waals surface area contributed by atoms with Crippen LogP contribution < -0.4 is 4.72 Å². The molecule has 0 amide bonds. The van der Waals surface area contributed by atoms with Gasteiger partial charge in [-0.05, 0) is 31.0 Å². The van der Waals surface area contributed by atoms with E-state index < -0.39 is 33.1 Å². The zero-order valence-corrected chi connectivity index (χ0v) is 11.7. The number of carboxylic acids is 1. The predicted molar refractivity (Wildman–Crippen MR) is 72.2 cm³/mol. The first kappa shape index (κ1) is 15.9. The average molecular weight is 302 g/mol. The summed E-state index contributed by atoms with van der Waals surface area (Å²) in [4.78, 5) is 20.6. The molecule has 8 nitrogen and oxygen atoms in total. The zero-order valence-electron chi connectivity index (χ0n) is 10.9. The smallest absolute Gasteiger partial charge is 0.304 e. The Morgan fingerprint density at radius 3 is 2.40 bits per heavy atom. The first-order valence-corrected chi connectivity index (χ1v) is 7.25. The van der Waals surface area contributed by atoms with Crippen LogP contribution in [0.2, 0.25) is 0 Å². The van der Waals surface area contributed by atoms with Crippen LogP contribution in [0.5, 0.6) is 0 Å². The van der Waals surface area contributed by atoms with Gasteiger partial charge in [0.15, 0.2) is 0 Å². The van der Waals surface area contributed by atoms with Crippen LogP contribution in [0, 0.1) is 24.0 Å². The number of rotatable bonds is 6. The van der Waals surface area contributed by atoms with Gasteiger partial charge in [0.1, 0.15) is 5.69 Å². The van der Waals surface area contributed by atoms with Gasteiger partial charge in [0, 0.05) is 6.07 Å². The van der Waals surface area contributed by atoms with Crippen molar-refractivity contribution in [2.24, 2.45) is 0 Å². The summed E-state index contributed by atoms with van der Waals surface area (Å²) in [6.45, 7) is 3.36. The Hall–Kier alpha value is -2.16. The molecule has 0 saturated heterocycles. The minimum absolute atomic E-state index is 0.163. The molecule has 0 unspecified atom stereocenters. The second-order valence-corrected chi connectivity index (χ2v) is 6.12. The lowest BCUT2D eigenvalue weighted by atomic mass is 10.1. The van der Waals surface area contributed by atoms with Gasteiger partial charge in [-0.25, -0.2) is 8.42 Å². The van der Waals surface area contributed by atoms with Crippen LogP contribution in [-0.4, -0.2) is 30.2 Å². The molecule has 2 N–H and O–H groups in total. The quantitative estimate of drug-likeness (QED) is 0.604. The minimum Gasteiger partial charge on any atom is -0.481 e. The SMILES string of the molecule is Cc1cc(NS(=O)(=O)CCC(=O)O)c([N+](=O)[O-])cc1C. The lowest BCUT2D eigenvalue weighted by Gasteiger charge is -2.10. The van der Waals surface area contributed by atoms with Gasteiger partial charge in [-0.2, -0.15) is 0 Å². The van der Waals surface area contributed by atoms with E-state index >= 15 is 0 Å². The molecule has 0 heterocycles. The Bertz CT molecular complexity index is 653. The molecular weight excluding hydrogens is 288 g/mol. The second-order valence-electron chi connectivity index (χ2n) is 4.28. The number of nitrogens with zero attached hydrogens (tertiary/aromatic N) is 1. The first-order chi connectivity index (χ1) is 9.12. The molecule has 20 heavy (non-hydrogen) atoms. The zero-order chi connectivity index (χ0) is 15.5. The van der Waals surface area contributed by atoms with Gasteiger partial charge in [0.2, 0.25) is 10.0 Å². The highest BCUT2D eigenvalue weighted by atomic mass is 32.2. The monoisotopic (exact) mass is 302 g/mol. The molecule has 1 aromatic rings. The number of aliphatic carboxylic acids is 1. The molecule has 0 atom stereocenters. The van der Waals surface area contributed by atoms with Gasteiger partial charge < -0.3 is 5.11 Å². The second kappa shape index (κ2) is 5.87. The highest BCUT2D eigenvalue weighted by Gasteiger charge is 2.21. The van der Waals surface area contributed by atoms with Crippen molar-refractivity contribution < 1.29 is 23.2 Å².